The minimum absolute atomic E-state index is 0.0283. The molecular weight excluding hydrogens is 588 g/mol. The Labute approximate surface area is 249 Å². The lowest BCUT2D eigenvalue weighted by atomic mass is 9.56. The summed E-state index contributed by atoms with van der Waals surface area (Å²) in [6.07, 6.45) is 3.22. The molecule has 3 fully saturated rings. The number of benzene rings is 2. The minimum Gasteiger partial charge on any atom is -0.507 e. The van der Waals surface area contributed by atoms with E-state index in [0.29, 0.717) is 16.0 Å². The molecule has 6 rings (SSSR count). The molecule has 2 aliphatic carbocycles. The number of alkyl halides is 2. The zero-order valence-electron chi connectivity index (χ0n) is 21.9. The van der Waals surface area contributed by atoms with Gasteiger partial charge in [-0.05, 0) is 55.0 Å². The topological polar surface area (TPSA) is 138 Å². The smallest absolute Gasteiger partial charge is 0.328 e. The van der Waals surface area contributed by atoms with E-state index in [1.54, 1.807) is 30.4 Å². The van der Waals surface area contributed by atoms with E-state index in [1.807, 2.05) is 0 Å². The number of imide groups is 4. The fourth-order valence-corrected chi connectivity index (χ4v) is 8.05. The van der Waals surface area contributed by atoms with Crippen LogP contribution in [0.15, 0.2) is 66.8 Å². The van der Waals surface area contributed by atoms with E-state index in [4.69, 9.17) is 28.9 Å². The third kappa shape index (κ3) is 3.51. The van der Waals surface area contributed by atoms with Gasteiger partial charge in [-0.1, -0.05) is 35.9 Å². The van der Waals surface area contributed by atoms with E-state index in [9.17, 15) is 33.5 Å². The zero-order chi connectivity index (χ0) is 30.3. The van der Waals surface area contributed by atoms with Gasteiger partial charge in [0.15, 0.2) is 9.75 Å². The highest BCUT2D eigenvalue weighted by Gasteiger charge is 2.77. The fourth-order valence-electron chi connectivity index (χ4n) is 7.13. The number of primary amides is 1. The lowest BCUT2D eigenvalue weighted by Gasteiger charge is -2.50. The molecule has 6 amide bonds. The van der Waals surface area contributed by atoms with Crippen LogP contribution in [0.2, 0.25) is 0 Å². The predicted molar refractivity (Wildman–Crippen MR) is 150 cm³/mol. The number of hydrogen-bond donors (Lipinski definition) is 2. The average Bonchev–Trinajstić information content (AvgIpc) is 3.29. The van der Waals surface area contributed by atoms with Crippen LogP contribution in [0.3, 0.4) is 0 Å². The van der Waals surface area contributed by atoms with Crippen molar-refractivity contribution < 1.29 is 33.5 Å². The average molecular weight is 612 g/mol. The monoisotopic (exact) mass is 611 g/mol. The molecule has 0 unspecified atom stereocenters. The van der Waals surface area contributed by atoms with Crippen molar-refractivity contribution in [2.24, 2.45) is 23.5 Å². The van der Waals surface area contributed by atoms with Crippen molar-refractivity contribution in [2.75, 3.05) is 4.90 Å². The number of phenolic OH excluding ortho intramolecular Hbond substituents is 1. The van der Waals surface area contributed by atoms with Gasteiger partial charge in [0.1, 0.15) is 11.6 Å². The molecule has 4 aliphatic rings. The van der Waals surface area contributed by atoms with Gasteiger partial charge in [-0.25, -0.2) is 14.1 Å². The van der Waals surface area contributed by atoms with Gasteiger partial charge in [0.05, 0.1) is 17.5 Å². The SMILES string of the molecule is C=CCc1cccc([C@H]2C3=CC[C@@H]4C(=O)N(C(N)=O)C(=O)[C@@H]4[C@@H]3C[C@@]3(Cl)C(=O)N(c4ccc(F)cc4)C(=O)[C@@]23Cl)c1O. The first-order chi connectivity index (χ1) is 19.9. The van der Waals surface area contributed by atoms with Crippen LogP contribution < -0.4 is 10.6 Å². The molecule has 2 aromatic carbocycles. The molecular formula is C30H24Cl2FN3O6. The number of anilines is 1. The molecule has 0 aromatic heterocycles. The van der Waals surface area contributed by atoms with E-state index in [-0.39, 0.29) is 36.3 Å². The van der Waals surface area contributed by atoms with E-state index >= 15 is 0 Å². The second-order valence-electron chi connectivity index (χ2n) is 10.9. The van der Waals surface area contributed by atoms with Crippen molar-refractivity contribution in [2.45, 2.75) is 34.9 Å². The number of nitrogens with zero attached hydrogens (tertiary/aromatic N) is 2. The number of aromatic hydroxyl groups is 1. The summed E-state index contributed by atoms with van der Waals surface area (Å²) >= 11 is 14.5. The second-order valence-corrected chi connectivity index (χ2v) is 12.2. The Morgan fingerprint density at radius 1 is 1.07 bits per heavy atom. The Balaban J connectivity index is 1.59. The third-order valence-electron chi connectivity index (χ3n) is 8.94. The number of likely N-dealkylation sites (tertiary alicyclic amines) is 1. The summed E-state index contributed by atoms with van der Waals surface area (Å²) in [5, 5.41) is 11.4. The molecule has 9 nitrogen and oxygen atoms in total. The lowest BCUT2D eigenvalue weighted by Crippen LogP contribution is -2.60. The van der Waals surface area contributed by atoms with E-state index < -0.39 is 68.9 Å². The summed E-state index contributed by atoms with van der Waals surface area (Å²) in [5.41, 5.74) is 6.49. The summed E-state index contributed by atoms with van der Waals surface area (Å²) in [6.45, 7) is 3.71. The molecule has 1 saturated carbocycles. The highest BCUT2D eigenvalue weighted by molar-refractivity contribution is 6.58. The van der Waals surface area contributed by atoms with Crippen LogP contribution in [0.1, 0.15) is 29.9 Å². The van der Waals surface area contributed by atoms with Crippen LogP contribution in [0.5, 0.6) is 5.75 Å². The van der Waals surface area contributed by atoms with Gasteiger partial charge in [-0.3, -0.25) is 19.2 Å². The Morgan fingerprint density at radius 3 is 2.40 bits per heavy atom. The van der Waals surface area contributed by atoms with Gasteiger partial charge in [0.25, 0.3) is 11.8 Å². The van der Waals surface area contributed by atoms with E-state index in [1.165, 1.54) is 12.1 Å². The molecule has 3 N–H and O–H groups in total. The van der Waals surface area contributed by atoms with Gasteiger partial charge >= 0.3 is 6.03 Å². The number of amides is 6. The van der Waals surface area contributed by atoms with Crippen molar-refractivity contribution in [1.82, 2.24) is 4.90 Å². The van der Waals surface area contributed by atoms with Crippen molar-refractivity contribution in [3.05, 3.63) is 83.7 Å². The number of rotatable bonds is 4. The van der Waals surface area contributed by atoms with Crippen molar-refractivity contribution in [3.8, 4) is 5.75 Å². The molecule has 0 spiro atoms. The second kappa shape index (κ2) is 9.50. The molecule has 6 atom stereocenters. The number of urea groups is 1. The molecule has 0 bridgehead atoms. The molecule has 42 heavy (non-hydrogen) atoms. The number of nitrogens with two attached hydrogens (primary N) is 1. The molecule has 2 aromatic rings. The number of phenols is 1. The maximum Gasteiger partial charge on any atom is 0.328 e. The summed E-state index contributed by atoms with van der Waals surface area (Å²) in [7, 11) is 0. The number of fused-ring (bicyclic) bond motifs is 4. The minimum atomic E-state index is -2.20. The highest BCUT2D eigenvalue weighted by Crippen LogP contribution is 2.66. The zero-order valence-corrected chi connectivity index (χ0v) is 23.4. The first-order valence-corrected chi connectivity index (χ1v) is 13.9. The summed E-state index contributed by atoms with van der Waals surface area (Å²) in [5.74, 6) is -8.34. The molecule has 2 saturated heterocycles. The Bertz CT molecular complexity index is 1640. The number of halogens is 3. The molecule has 12 heteroatoms. The van der Waals surface area contributed by atoms with Gasteiger partial charge < -0.3 is 10.8 Å². The van der Waals surface area contributed by atoms with E-state index in [2.05, 4.69) is 6.58 Å². The number of allylic oxidation sites excluding steroid dienone is 3. The molecule has 0 radical (unpaired) electrons. The Kier molecular flexibility index (Phi) is 6.36. The Morgan fingerprint density at radius 2 is 1.76 bits per heavy atom. The summed E-state index contributed by atoms with van der Waals surface area (Å²) < 4.78 is 13.7. The van der Waals surface area contributed by atoms with Crippen LogP contribution in [-0.4, -0.2) is 49.4 Å². The van der Waals surface area contributed by atoms with Crippen LogP contribution >= 0.6 is 23.2 Å². The van der Waals surface area contributed by atoms with Gasteiger partial charge in [0.2, 0.25) is 11.8 Å². The maximum atomic E-state index is 14.3. The maximum absolute atomic E-state index is 14.3. The number of para-hydroxylation sites is 1. The first kappa shape index (κ1) is 28.1. The quantitative estimate of drug-likeness (QED) is 0.305. The van der Waals surface area contributed by atoms with Crippen LogP contribution in [0.4, 0.5) is 14.9 Å². The fraction of sp³-hybridized carbons (Fsp3) is 0.300. The van der Waals surface area contributed by atoms with Crippen LogP contribution in [-0.2, 0) is 25.6 Å². The van der Waals surface area contributed by atoms with Crippen LogP contribution in [0.25, 0.3) is 0 Å². The van der Waals surface area contributed by atoms with Gasteiger partial charge in [-0.15, -0.1) is 29.8 Å². The highest BCUT2D eigenvalue weighted by atomic mass is 35.5. The third-order valence-corrected chi connectivity index (χ3v) is 10.4. The van der Waals surface area contributed by atoms with Crippen molar-refractivity contribution >= 4 is 58.5 Å². The lowest BCUT2D eigenvalue weighted by molar-refractivity contribution is -0.136. The number of hydrogen-bond acceptors (Lipinski definition) is 6. The molecule has 2 heterocycles. The predicted octanol–water partition coefficient (Wildman–Crippen LogP) is 3.90. The summed E-state index contributed by atoms with van der Waals surface area (Å²) in [6, 6.07) is 8.29. The first-order valence-electron chi connectivity index (χ1n) is 13.2. The Hall–Kier alpha value is -4.02. The van der Waals surface area contributed by atoms with Gasteiger partial charge in [-0.2, -0.15) is 4.90 Å². The van der Waals surface area contributed by atoms with Crippen molar-refractivity contribution in [1.29, 1.82) is 0 Å². The van der Waals surface area contributed by atoms with Gasteiger partial charge in [0, 0.05) is 11.5 Å². The largest absolute Gasteiger partial charge is 0.507 e. The molecule has 2 aliphatic heterocycles. The standard InChI is InChI=1S/C30H24Cl2FN3O6/c1-2-4-14-5-3-6-19(23(14)37)22-17-11-12-18-21(25(39)36(24(18)38)28(34)42)20(17)13-29(31)26(40)35(27(41)30(22,29)32)16-9-7-15(33)8-10-16/h2-3,5-11,18,20-22,37H,1,4,12-13H2,(H2,34,42)/t18-,20+,21-,22+,29+,30-/m0/s1. The normalized spacial score (nSPS) is 31.9. The number of carbonyl (C=O) groups is 5. The summed E-state index contributed by atoms with van der Waals surface area (Å²) in [4.78, 5) is 63.8. The van der Waals surface area contributed by atoms with Crippen LogP contribution in [0, 0.1) is 23.6 Å². The van der Waals surface area contributed by atoms with E-state index in [0.717, 1.165) is 17.0 Å². The van der Waals surface area contributed by atoms with Crippen molar-refractivity contribution in [3.63, 3.8) is 0 Å². The molecule has 216 valence electrons. The number of carbonyl (C=O) groups excluding carboxylic acids is 5.